The molecule has 2 aromatic carbocycles. The Bertz CT molecular complexity index is 1940. The molecule has 4 aliphatic rings. The summed E-state index contributed by atoms with van der Waals surface area (Å²) in [4.78, 5) is 32.7. The highest BCUT2D eigenvalue weighted by Gasteiger charge is 2.45. The Morgan fingerprint density at radius 2 is 1.83 bits per heavy atom. The van der Waals surface area contributed by atoms with E-state index in [0.29, 0.717) is 85.9 Å². The Morgan fingerprint density at radius 1 is 1.08 bits per heavy atom. The van der Waals surface area contributed by atoms with E-state index in [1.54, 1.807) is 40.3 Å². The summed E-state index contributed by atoms with van der Waals surface area (Å²) in [7, 11) is 3.39. The van der Waals surface area contributed by atoms with E-state index in [4.69, 9.17) is 4.74 Å². The predicted octanol–water partition coefficient (Wildman–Crippen LogP) is 4.84. The van der Waals surface area contributed by atoms with Crippen LogP contribution in [0.25, 0.3) is 11.3 Å². The van der Waals surface area contributed by atoms with Crippen molar-refractivity contribution >= 4 is 28.8 Å². The van der Waals surface area contributed by atoms with Crippen LogP contribution in [0.2, 0.25) is 0 Å². The second-order valence-corrected chi connectivity index (χ2v) is 14.3. The minimum Gasteiger partial charge on any atom is -0.496 e. The van der Waals surface area contributed by atoms with Crippen molar-refractivity contribution in [1.29, 1.82) is 0 Å². The van der Waals surface area contributed by atoms with E-state index in [1.165, 1.54) is 13.2 Å². The molecule has 0 bridgehead atoms. The number of piperidine rings is 2. The smallest absolute Gasteiger partial charge is 0.267 e. The van der Waals surface area contributed by atoms with Crippen LogP contribution in [0.15, 0.2) is 67.6 Å². The van der Waals surface area contributed by atoms with Crippen LogP contribution in [0, 0.1) is 5.82 Å². The molecule has 1 aromatic heterocycles. The fourth-order valence-electron chi connectivity index (χ4n) is 7.71. The third-order valence-corrected chi connectivity index (χ3v) is 10.8. The molecule has 3 fully saturated rings. The van der Waals surface area contributed by atoms with E-state index in [2.05, 4.69) is 38.9 Å². The number of halogens is 3. The minimum atomic E-state index is -3.02. The number of methoxy groups -OCH3 is 1. The summed E-state index contributed by atoms with van der Waals surface area (Å²) in [5.74, 6) is -4.30. The van der Waals surface area contributed by atoms with Gasteiger partial charge in [0.1, 0.15) is 17.6 Å². The van der Waals surface area contributed by atoms with Crippen LogP contribution in [0.3, 0.4) is 0 Å². The van der Waals surface area contributed by atoms with Gasteiger partial charge in [0.15, 0.2) is 0 Å². The lowest BCUT2D eigenvalue weighted by atomic mass is 9.86. The van der Waals surface area contributed by atoms with Crippen molar-refractivity contribution in [2.75, 3.05) is 65.3 Å². The van der Waals surface area contributed by atoms with Crippen molar-refractivity contribution in [3.05, 3.63) is 101 Å². The first-order chi connectivity index (χ1) is 25.4. The molecule has 2 atom stereocenters. The zero-order chi connectivity index (χ0) is 37.4. The fraction of sp³-hybridized carbons (Fsp3) is 0.410. The van der Waals surface area contributed by atoms with Gasteiger partial charge in [-0.3, -0.25) is 24.5 Å². The molecular weight excluding hydrogens is 685 g/mol. The molecule has 2 amide bonds. The summed E-state index contributed by atoms with van der Waals surface area (Å²) in [5.41, 5.74) is 6.15. The van der Waals surface area contributed by atoms with Crippen molar-refractivity contribution in [3.8, 4) is 5.75 Å². The first kappa shape index (κ1) is 36.3. The van der Waals surface area contributed by atoms with Crippen LogP contribution >= 0.6 is 0 Å². The highest BCUT2D eigenvalue weighted by Crippen LogP contribution is 2.41. The lowest BCUT2D eigenvalue weighted by molar-refractivity contribution is -0.138. The quantitative estimate of drug-likeness (QED) is 0.288. The molecule has 11 nitrogen and oxygen atoms in total. The lowest BCUT2D eigenvalue weighted by Crippen LogP contribution is -2.54. The third-order valence-electron chi connectivity index (χ3n) is 10.8. The molecular formula is C39H45F3N8O3. The maximum absolute atomic E-state index is 15.7. The molecule has 0 spiro atoms. The van der Waals surface area contributed by atoms with E-state index >= 15 is 13.2 Å². The van der Waals surface area contributed by atoms with Crippen molar-refractivity contribution in [2.24, 2.45) is 0 Å². The van der Waals surface area contributed by atoms with Crippen LogP contribution in [-0.2, 0) is 16.1 Å². The van der Waals surface area contributed by atoms with E-state index in [9.17, 15) is 9.59 Å². The van der Waals surface area contributed by atoms with Gasteiger partial charge in [-0.25, -0.2) is 13.2 Å². The number of piperazine rings is 1. The Morgan fingerprint density at radius 3 is 2.53 bits per heavy atom. The number of rotatable bonds is 9. The average Bonchev–Trinajstić information content (AvgIpc) is 3.63. The third kappa shape index (κ3) is 7.56. The number of nitrogens with zero attached hydrogens (tertiary/aromatic N) is 5. The monoisotopic (exact) mass is 730 g/mol. The number of carbonyl (C=O) groups excluding carboxylic acids is 2. The molecule has 2 unspecified atom stereocenters. The van der Waals surface area contributed by atoms with Gasteiger partial charge in [0.25, 0.3) is 5.92 Å². The summed E-state index contributed by atoms with van der Waals surface area (Å²) in [6.07, 6.45) is 5.11. The number of hydrogen-bond donors (Lipinski definition) is 3. The number of alkyl halides is 2. The first-order valence-corrected chi connectivity index (χ1v) is 17.9. The number of aromatic nitrogens is 2. The summed E-state index contributed by atoms with van der Waals surface area (Å²) in [5, 5.41) is 13.0. The number of fused-ring (bicyclic) bond motifs is 1. The van der Waals surface area contributed by atoms with Crippen molar-refractivity contribution in [3.63, 3.8) is 0 Å². The molecule has 280 valence electrons. The zero-order valence-electron chi connectivity index (χ0n) is 30.1. The van der Waals surface area contributed by atoms with Gasteiger partial charge in [0.2, 0.25) is 11.8 Å². The fourth-order valence-corrected chi connectivity index (χ4v) is 7.71. The Balaban J connectivity index is 0.909. The summed E-state index contributed by atoms with van der Waals surface area (Å²) < 4.78 is 52.4. The highest BCUT2D eigenvalue weighted by molar-refractivity contribution is 5.89. The maximum atomic E-state index is 15.7. The molecule has 5 heterocycles. The number of amides is 2. The maximum Gasteiger partial charge on any atom is 0.267 e. The van der Waals surface area contributed by atoms with Gasteiger partial charge in [-0.1, -0.05) is 25.3 Å². The SMILES string of the molecule is C=C1CCC(Nc2ccc(C3CCN(CC(=O)N4CCN(Cc5c(F)cc(C6=CN(C)C(=C)c7[nH]ncc76)cc5OC)CC4)CC3(F)F)cc2)C(=O)N1. The molecule has 3 aromatic rings. The number of ether oxygens (including phenoxy) is 1. The minimum absolute atomic E-state index is 0.0816. The number of carbonyl (C=O) groups is 2. The average molecular weight is 731 g/mol. The number of likely N-dealkylation sites (tertiary alicyclic amines) is 1. The molecule has 0 aliphatic carbocycles. The molecule has 14 heteroatoms. The lowest BCUT2D eigenvalue weighted by Gasteiger charge is -2.40. The summed E-state index contributed by atoms with van der Waals surface area (Å²) in [6, 6.07) is 9.78. The number of allylic oxidation sites excluding steroid dienone is 1. The Labute approximate surface area is 307 Å². The Kier molecular flexibility index (Phi) is 10.1. The number of H-pyrrole nitrogens is 1. The summed E-state index contributed by atoms with van der Waals surface area (Å²) in [6.45, 7) is 9.81. The second-order valence-electron chi connectivity index (χ2n) is 14.3. The summed E-state index contributed by atoms with van der Waals surface area (Å²) >= 11 is 0. The molecule has 7 rings (SSSR count). The second kappa shape index (κ2) is 14.7. The van der Waals surface area contributed by atoms with Crippen LogP contribution in [0.1, 0.15) is 53.1 Å². The largest absolute Gasteiger partial charge is 0.496 e. The van der Waals surface area contributed by atoms with Gasteiger partial charge in [0.05, 0.1) is 43.7 Å². The molecule has 0 radical (unpaired) electrons. The van der Waals surface area contributed by atoms with Gasteiger partial charge < -0.3 is 25.2 Å². The zero-order valence-corrected chi connectivity index (χ0v) is 30.1. The van der Waals surface area contributed by atoms with Crippen LogP contribution in [0.5, 0.6) is 5.75 Å². The van der Waals surface area contributed by atoms with Crippen molar-refractivity contribution in [2.45, 2.75) is 43.7 Å². The van der Waals surface area contributed by atoms with Crippen molar-refractivity contribution in [1.82, 2.24) is 35.1 Å². The number of aromatic amines is 1. The van der Waals surface area contributed by atoms with Crippen LogP contribution < -0.4 is 15.4 Å². The number of benzene rings is 2. The highest BCUT2D eigenvalue weighted by atomic mass is 19.3. The van der Waals surface area contributed by atoms with Crippen molar-refractivity contribution < 1.29 is 27.5 Å². The van der Waals surface area contributed by atoms with Gasteiger partial charge in [-0.2, -0.15) is 5.10 Å². The molecule has 3 N–H and O–H groups in total. The van der Waals surface area contributed by atoms with E-state index in [1.807, 2.05) is 24.2 Å². The molecule has 4 aliphatic heterocycles. The number of anilines is 1. The first-order valence-electron chi connectivity index (χ1n) is 17.9. The number of nitrogens with one attached hydrogen (secondary N) is 3. The van der Waals surface area contributed by atoms with Crippen LogP contribution in [-0.4, -0.2) is 114 Å². The van der Waals surface area contributed by atoms with Crippen LogP contribution in [0.4, 0.5) is 18.9 Å². The van der Waals surface area contributed by atoms with E-state index < -0.39 is 30.2 Å². The molecule has 3 saturated heterocycles. The standard InChI is InChI=1S/C39H45F3N8O3/c1-24-5-10-34(38(52)44-24)45-28-8-6-26(7-9-28)32-11-12-49(23-39(32,41)42)22-36(51)50-15-13-48(14-16-50)21-31-33(40)17-27(18-35(31)53-4)30-20-47(3)25(2)37-29(30)19-43-46-37/h6-9,17-20,32,34,45H,1-2,5,10-16,21-23H2,3-4H3,(H,43,46)(H,44,52). The number of hydrogen-bond acceptors (Lipinski definition) is 8. The predicted molar refractivity (Wildman–Crippen MR) is 196 cm³/mol. The van der Waals surface area contributed by atoms with Gasteiger partial charge >= 0.3 is 0 Å². The van der Waals surface area contributed by atoms with E-state index in [-0.39, 0.29) is 24.8 Å². The van der Waals surface area contributed by atoms with E-state index in [0.717, 1.165) is 22.5 Å². The molecule has 53 heavy (non-hydrogen) atoms. The van der Waals surface area contributed by atoms with Gasteiger partial charge in [-0.05, 0) is 61.2 Å². The normalized spacial score (nSPS) is 22.3. The van der Waals surface area contributed by atoms with Gasteiger partial charge in [-0.15, -0.1) is 0 Å². The topological polar surface area (TPSA) is 109 Å². The van der Waals surface area contributed by atoms with Gasteiger partial charge in [0, 0.05) is 74.1 Å². The Hall–Kier alpha value is -5.08. The molecule has 0 saturated carbocycles.